The molecule has 86 valence electrons. The van der Waals surface area contributed by atoms with E-state index < -0.39 is 0 Å². The van der Waals surface area contributed by atoms with Crippen molar-refractivity contribution in [2.45, 2.75) is 46.1 Å². The SMILES string of the molecule is CC.CC(C)C1(N(C)C)CCNCC1. The van der Waals surface area contributed by atoms with E-state index in [-0.39, 0.29) is 0 Å². The highest BCUT2D eigenvalue weighted by atomic mass is 15.2. The molecule has 2 heteroatoms. The molecule has 14 heavy (non-hydrogen) atoms. The van der Waals surface area contributed by atoms with Crippen LogP contribution >= 0.6 is 0 Å². The lowest BCUT2D eigenvalue weighted by atomic mass is 9.77. The van der Waals surface area contributed by atoms with Crippen LogP contribution in [0.2, 0.25) is 0 Å². The molecule has 0 amide bonds. The molecule has 0 atom stereocenters. The second-order valence-electron chi connectivity index (χ2n) is 4.40. The summed E-state index contributed by atoms with van der Waals surface area (Å²) in [5, 5.41) is 3.42. The molecule has 1 heterocycles. The monoisotopic (exact) mass is 200 g/mol. The highest BCUT2D eigenvalue weighted by Gasteiger charge is 2.36. The Hall–Kier alpha value is -0.0800. The average molecular weight is 200 g/mol. The Kier molecular flexibility index (Phi) is 6.38. The minimum atomic E-state index is 0.450. The van der Waals surface area contributed by atoms with Gasteiger partial charge in [-0.25, -0.2) is 0 Å². The van der Waals surface area contributed by atoms with Gasteiger partial charge < -0.3 is 10.2 Å². The summed E-state index contributed by atoms with van der Waals surface area (Å²) in [4.78, 5) is 2.42. The van der Waals surface area contributed by atoms with Gasteiger partial charge in [0.15, 0.2) is 0 Å². The highest BCUT2D eigenvalue weighted by molar-refractivity contribution is 4.94. The smallest absolute Gasteiger partial charge is 0.0250 e. The maximum Gasteiger partial charge on any atom is 0.0250 e. The van der Waals surface area contributed by atoms with Crippen LogP contribution < -0.4 is 5.32 Å². The van der Waals surface area contributed by atoms with Crippen LogP contribution in [0.25, 0.3) is 0 Å². The molecule has 1 fully saturated rings. The van der Waals surface area contributed by atoms with Crippen LogP contribution in [0.15, 0.2) is 0 Å². The third-order valence-corrected chi connectivity index (χ3v) is 3.43. The molecule has 1 aliphatic rings. The fourth-order valence-electron chi connectivity index (χ4n) is 2.40. The summed E-state index contributed by atoms with van der Waals surface area (Å²) in [5.74, 6) is 0.759. The molecule has 1 saturated heterocycles. The van der Waals surface area contributed by atoms with E-state index >= 15 is 0 Å². The number of hydrogen-bond acceptors (Lipinski definition) is 2. The van der Waals surface area contributed by atoms with E-state index in [0.717, 1.165) is 5.92 Å². The van der Waals surface area contributed by atoms with Crippen LogP contribution in [0.1, 0.15) is 40.5 Å². The number of nitrogens with one attached hydrogen (secondary N) is 1. The van der Waals surface area contributed by atoms with Crippen LogP contribution in [0, 0.1) is 5.92 Å². The van der Waals surface area contributed by atoms with Crippen molar-refractivity contribution in [3.8, 4) is 0 Å². The molecule has 0 aromatic rings. The zero-order valence-electron chi connectivity index (χ0n) is 10.9. The van der Waals surface area contributed by atoms with Crippen molar-refractivity contribution in [1.82, 2.24) is 10.2 Å². The molecular weight excluding hydrogens is 172 g/mol. The van der Waals surface area contributed by atoms with Gasteiger partial charge in [-0.15, -0.1) is 0 Å². The van der Waals surface area contributed by atoms with Gasteiger partial charge in [-0.2, -0.15) is 0 Å². The van der Waals surface area contributed by atoms with E-state index in [1.54, 1.807) is 0 Å². The number of piperidine rings is 1. The van der Waals surface area contributed by atoms with Gasteiger partial charge >= 0.3 is 0 Å². The summed E-state index contributed by atoms with van der Waals surface area (Å²) in [6.45, 7) is 11.0. The summed E-state index contributed by atoms with van der Waals surface area (Å²) in [7, 11) is 4.43. The number of nitrogens with zero attached hydrogens (tertiary/aromatic N) is 1. The summed E-state index contributed by atoms with van der Waals surface area (Å²) < 4.78 is 0. The Balaban J connectivity index is 0.000000791. The van der Waals surface area contributed by atoms with Crippen LogP contribution in [0.3, 0.4) is 0 Å². The standard InChI is InChI=1S/C10H22N2.C2H6/c1-9(2)10(12(3)4)5-7-11-8-6-10;1-2/h9,11H,5-8H2,1-4H3;1-2H3. The first kappa shape index (κ1) is 13.9. The fourth-order valence-corrected chi connectivity index (χ4v) is 2.40. The highest BCUT2D eigenvalue weighted by Crippen LogP contribution is 2.31. The van der Waals surface area contributed by atoms with Gasteiger partial charge in [0.05, 0.1) is 0 Å². The van der Waals surface area contributed by atoms with E-state index in [4.69, 9.17) is 0 Å². The second kappa shape index (κ2) is 6.41. The van der Waals surface area contributed by atoms with Gasteiger partial charge in [0.2, 0.25) is 0 Å². The molecule has 0 spiro atoms. The van der Waals surface area contributed by atoms with Crippen LogP contribution in [0.4, 0.5) is 0 Å². The molecule has 1 aliphatic heterocycles. The van der Waals surface area contributed by atoms with Crippen LogP contribution in [-0.4, -0.2) is 37.6 Å². The van der Waals surface area contributed by atoms with Crippen LogP contribution in [0.5, 0.6) is 0 Å². The van der Waals surface area contributed by atoms with Gasteiger partial charge in [-0.05, 0) is 45.9 Å². The van der Waals surface area contributed by atoms with Crippen molar-refractivity contribution in [2.24, 2.45) is 5.92 Å². The van der Waals surface area contributed by atoms with Crippen molar-refractivity contribution >= 4 is 0 Å². The summed E-state index contributed by atoms with van der Waals surface area (Å²) in [6, 6.07) is 0. The van der Waals surface area contributed by atoms with E-state index in [0.29, 0.717) is 5.54 Å². The average Bonchev–Trinajstić information content (AvgIpc) is 2.21. The van der Waals surface area contributed by atoms with Crippen LogP contribution in [-0.2, 0) is 0 Å². The zero-order valence-corrected chi connectivity index (χ0v) is 10.9. The van der Waals surface area contributed by atoms with Crippen molar-refractivity contribution < 1.29 is 0 Å². The van der Waals surface area contributed by atoms with Gasteiger partial charge in [-0.1, -0.05) is 27.7 Å². The van der Waals surface area contributed by atoms with E-state index in [1.807, 2.05) is 13.8 Å². The first-order chi connectivity index (χ1) is 6.59. The summed E-state index contributed by atoms with van der Waals surface area (Å²) in [5.41, 5.74) is 0.450. The molecule has 0 radical (unpaired) electrons. The Morgan fingerprint density at radius 3 is 1.71 bits per heavy atom. The minimum absolute atomic E-state index is 0.450. The summed E-state index contributed by atoms with van der Waals surface area (Å²) in [6.07, 6.45) is 2.58. The second-order valence-corrected chi connectivity index (χ2v) is 4.40. The largest absolute Gasteiger partial charge is 0.317 e. The van der Waals surface area contributed by atoms with Crippen molar-refractivity contribution in [2.75, 3.05) is 27.2 Å². The molecule has 0 aliphatic carbocycles. The van der Waals surface area contributed by atoms with E-state index in [2.05, 4.69) is 38.2 Å². The van der Waals surface area contributed by atoms with Crippen molar-refractivity contribution in [1.29, 1.82) is 0 Å². The predicted molar refractivity (Wildman–Crippen MR) is 64.7 cm³/mol. The third kappa shape index (κ3) is 2.96. The molecule has 0 unspecified atom stereocenters. The van der Waals surface area contributed by atoms with Gasteiger partial charge in [-0.3, -0.25) is 0 Å². The third-order valence-electron chi connectivity index (χ3n) is 3.43. The maximum absolute atomic E-state index is 3.42. The van der Waals surface area contributed by atoms with E-state index in [1.165, 1.54) is 25.9 Å². The summed E-state index contributed by atoms with van der Waals surface area (Å²) >= 11 is 0. The molecule has 0 aromatic carbocycles. The molecule has 0 bridgehead atoms. The molecule has 0 saturated carbocycles. The topological polar surface area (TPSA) is 15.3 Å². The molecule has 1 N–H and O–H groups in total. The minimum Gasteiger partial charge on any atom is -0.317 e. The lowest BCUT2D eigenvalue weighted by molar-refractivity contribution is 0.0595. The van der Waals surface area contributed by atoms with Gasteiger partial charge in [0.1, 0.15) is 0 Å². The molecule has 0 aromatic heterocycles. The Morgan fingerprint density at radius 1 is 1.07 bits per heavy atom. The quantitative estimate of drug-likeness (QED) is 0.736. The lowest BCUT2D eigenvalue weighted by Crippen LogP contribution is -2.54. The molecule has 1 rings (SSSR count). The number of hydrogen-bond donors (Lipinski definition) is 1. The van der Waals surface area contributed by atoms with E-state index in [9.17, 15) is 0 Å². The van der Waals surface area contributed by atoms with Crippen molar-refractivity contribution in [3.05, 3.63) is 0 Å². The first-order valence-electron chi connectivity index (χ1n) is 5.98. The van der Waals surface area contributed by atoms with Gasteiger partial charge in [0, 0.05) is 5.54 Å². The molecule has 2 nitrogen and oxygen atoms in total. The lowest BCUT2D eigenvalue weighted by Gasteiger charge is -2.46. The Labute approximate surface area is 90.1 Å². The fraction of sp³-hybridized carbons (Fsp3) is 1.00. The Bertz CT molecular complexity index is 125. The van der Waals surface area contributed by atoms with Gasteiger partial charge in [0.25, 0.3) is 0 Å². The van der Waals surface area contributed by atoms with Crippen molar-refractivity contribution in [3.63, 3.8) is 0 Å². The molecular formula is C12H28N2. The number of rotatable bonds is 2. The predicted octanol–water partition coefficient (Wildman–Crippen LogP) is 2.35. The normalized spacial score (nSPS) is 20.6. The maximum atomic E-state index is 3.42. The Morgan fingerprint density at radius 2 is 1.50 bits per heavy atom. The first-order valence-corrected chi connectivity index (χ1v) is 5.98. The zero-order chi connectivity index (χ0) is 11.2.